The molecule has 0 fully saturated rings. The summed E-state index contributed by atoms with van der Waals surface area (Å²) in [7, 11) is -20.5. The van der Waals surface area contributed by atoms with Crippen molar-refractivity contribution in [1.82, 2.24) is 0 Å². The molecule has 0 amide bonds. The Hall–Kier alpha value is -1.06. The average Bonchev–Trinajstić information content (AvgIpc) is 2.64. The van der Waals surface area contributed by atoms with Gasteiger partial charge < -0.3 is 0 Å². The molecule has 18 heteroatoms. The summed E-state index contributed by atoms with van der Waals surface area (Å²) in [5, 5.41) is -0.0779. The summed E-state index contributed by atoms with van der Waals surface area (Å²) >= 11 is 0. The minimum atomic E-state index is -4.98. The van der Waals surface area contributed by atoms with Crippen molar-refractivity contribution in [2.75, 3.05) is 12.3 Å². The number of hydrogen-bond acceptors (Lipinski definition) is 8. The molecule has 0 aromatic heterocycles. The fraction of sp³-hybridized carbons (Fsp3) is 0.200. The Morgan fingerprint density at radius 2 is 0.879 bits per heavy atom. The Kier molecular flexibility index (Phi) is 8.78. The van der Waals surface area contributed by atoms with Gasteiger partial charge >= 0.3 is 0 Å². The van der Waals surface area contributed by atoms with Gasteiger partial charge in [-0.25, -0.2) is 0 Å². The molecule has 0 spiro atoms. The first-order chi connectivity index (χ1) is 14.9. The van der Waals surface area contributed by atoms with Gasteiger partial charge in [0.2, 0.25) is 0 Å². The van der Waals surface area contributed by atoms with E-state index in [1.807, 2.05) is 0 Å². The van der Waals surface area contributed by atoms with Gasteiger partial charge in [0.25, 0.3) is 40.5 Å². The summed E-state index contributed by atoms with van der Waals surface area (Å²) in [6.45, 7) is 0. The number of rotatable bonds is 10. The summed E-state index contributed by atoms with van der Waals surface area (Å²) in [4.78, 5) is -3.78. The lowest BCUT2D eigenvalue weighted by Gasteiger charge is -2.12. The molecule has 0 aliphatic carbocycles. The fourth-order valence-electron chi connectivity index (χ4n) is 2.78. The molecule has 0 aliphatic heterocycles. The summed E-state index contributed by atoms with van der Waals surface area (Å²) < 4.78 is 130. The Morgan fingerprint density at radius 3 is 1.15 bits per heavy atom. The van der Waals surface area contributed by atoms with Crippen molar-refractivity contribution in [2.45, 2.75) is 26.0 Å². The van der Waals surface area contributed by atoms with Crippen LogP contribution in [-0.2, 0) is 40.5 Å². The number of benzene rings is 2. The largest absolute Gasteiger partial charge is 0.296 e. The second-order valence-corrected chi connectivity index (χ2v) is 14.7. The van der Waals surface area contributed by atoms with Crippen LogP contribution < -0.4 is 10.6 Å². The molecule has 0 saturated heterocycles. The van der Waals surface area contributed by atoms with Crippen molar-refractivity contribution in [3.63, 3.8) is 0 Å². The average molecular weight is 581 g/mol. The normalized spacial score (nSPS) is 13.9. The van der Waals surface area contributed by atoms with E-state index in [4.69, 9.17) is 0 Å². The first-order valence-corrected chi connectivity index (χ1v) is 16.7. The van der Waals surface area contributed by atoms with Crippen molar-refractivity contribution in [3.05, 3.63) is 36.4 Å². The van der Waals surface area contributed by atoms with Crippen LogP contribution in [0.15, 0.2) is 56.0 Å². The third kappa shape index (κ3) is 7.46. The minimum absolute atomic E-state index is 0.0389. The molecule has 0 saturated carbocycles. The summed E-state index contributed by atoms with van der Waals surface area (Å²) in [6, 6.07) is 6.58. The molecule has 2 aromatic carbocycles. The topological polar surface area (TPSA) is 217 Å². The lowest BCUT2D eigenvalue weighted by atomic mass is 10.4. The molecule has 0 radical (unpaired) electrons. The number of hydrogen-bond donors (Lipinski definition) is 4. The van der Waals surface area contributed by atoms with Crippen molar-refractivity contribution in [2.24, 2.45) is 0 Å². The van der Waals surface area contributed by atoms with Gasteiger partial charge in [0.05, 0.1) is 0 Å². The maximum atomic E-state index is 11.7. The van der Waals surface area contributed by atoms with Crippen molar-refractivity contribution < 1.29 is 51.9 Å². The second kappa shape index (κ2) is 10.3. The van der Waals surface area contributed by atoms with Crippen molar-refractivity contribution in [1.29, 1.82) is 0 Å². The van der Waals surface area contributed by atoms with E-state index in [2.05, 4.69) is 0 Å². The smallest absolute Gasteiger partial charge is 0.282 e. The van der Waals surface area contributed by atoms with Crippen LogP contribution in [0.5, 0.6) is 0 Å². The van der Waals surface area contributed by atoms with E-state index in [1.54, 1.807) is 0 Å². The minimum Gasteiger partial charge on any atom is -0.282 e. The van der Waals surface area contributed by atoms with Crippen molar-refractivity contribution in [3.8, 4) is 0 Å². The molecule has 184 valence electrons. The molecule has 4 N–H and O–H groups in total. The van der Waals surface area contributed by atoms with Gasteiger partial charge in [0.15, 0.2) is 0 Å². The predicted octanol–water partition coefficient (Wildman–Crippen LogP) is 0.371. The molecule has 2 unspecified atom stereocenters. The highest BCUT2D eigenvalue weighted by atomic mass is 32.2. The highest BCUT2D eigenvalue weighted by molar-refractivity contribution is 7.90. The van der Waals surface area contributed by atoms with Gasteiger partial charge in [-0.1, -0.05) is 41.4 Å². The zero-order valence-electron chi connectivity index (χ0n) is 16.3. The lowest BCUT2D eigenvalue weighted by molar-refractivity contribution is 0.467. The molecular formula is C15H18O12P2S4. The quantitative estimate of drug-likeness (QED) is 0.170. The van der Waals surface area contributed by atoms with Crippen LogP contribution in [-0.4, -0.2) is 64.2 Å². The third-order valence-corrected chi connectivity index (χ3v) is 11.1. The Morgan fingerprint density at radius 1 is 0.545 bits per heavy atom. The highest BCUT2D eigenvalue weighted by Crippen LogP contribution is 2.28. The zero-order valence-corrected chi connectivity index (χ0v) is 21.5. The van der Waals surface area contributed by atoms with E-state index in [0.717, 1.165) is 12.1 Å². The van der Waals surface area contributed by atoms with Gasteiger partial charge in [-0.3, -0.25) is 18.2 Å². The van der Waals surface area contributed by atoms with Crippen LogP contribution in [0.2, 0.25) is 0 Å². The lowest BCUT2D eigenvalue weighted by Crippen LogP contribution is -2.18. The van der Waals surface area contributed by atoms with Gasteiger partial charge in [-0.15, -0.1) is 0 Å². The molecule has 2 aromatic rings. The maximum absolute atomic E-state index is 11.7. The van der Waals surface area contributed by atoms with Crippen LogP contribution in [0.25, 0.3) is 0 Å². The summed E-state index contributed by atoms with van der Waals surface area (Å²) in [5.41, 5.74) is 0. The Bertz CT molecular complexity index is 1370. The van der Waals surface area contributed by atoms with Gasteiger partial charge in [0.1, 0.15) is 19.6 Å². The van der Waals surface area contributed by atoms with Crippen LogP contribution in [0.4, 0.5) is 0 Å². The molecule has 2 rings (SSSR count). The third-order valence-electron chi connectivity index (χ3n) is 4.01. The standard InChI is InChI=1S/C15H18O12P2S4/c16-30(17,18)12-6-1-4-10(14(12)32(22,23)24)28-8-3-9-29-11-5-2-7-13(31(19,20)21)15(11)33(25,26)27/h1-2,4-7,28-29H,3,8-9H2,(H,16,17,18)(H,19,20,21)(H,22,23,24)(H,25,26,27). The van der Waals surface area contributed by atoms with E-state index in [1.165, 1.54) is 24.3 Å². The zero-order chi connectivity index (χ0) is 25.2. The van der Waals surface area contributed by atoms with E-state index >= 15 is 0 Å². The molecule has 33 heavy (non-hydrogen) atoms. The van der Waals surface area contributed by atoms with E-state index in [-0.39, 0.29) is 40.1 Å². The predicted molar refractivity (Wildman–Crippen MR) is 122 cm³/mol. The molecule has 12 nitrogen and oxygen atoms in total. The summed E-state index contributed by atoms with van der Waals surface area (Å²) in [6.07, 6.45) is 0.867. The molecule has 2 atom stereocenters. The SMILES string of the molecule is O=S(=O)(O)c1cccc(PCCCPc2cccc(S(=O)(=O)O)c2S(=O)(=O)O)c1S(=O)(=O)O. The summed E-state index contributed by atoms with van der Waals surface area (Å²) in [5.74, 6) is 0. The first kappa shape index (κ1) is 28.2. The van der Waals surface area contributed by atoms with Crippen LogP contribution in [0, 0.1) is 0 Å². The van der Waals surface area contributed by atoms with Crippen LogP contribution in [0.3, 0.4) is 0 Å². The van der Waals surface area contributed by atoms with E-state index < -0.39 is 60.1 Å². The van der Waals surface area contributed by atoms with Gasteiger partial charge in [-0.2, -0.15) is 33.7 Å². The van der Waals surface area contributed by atoms with Crippen LogP contribution >= 0.6 is 17.2 Å². The van der Waals surface area contributed by atoms with E-state index in [0.29, 0.717) is 6.42 Å². The molecule has 0 bridgehead atoms. The van der Waals surface area contributed by atoms with Crippen LogP contribution in [0.1, 0.15) is 6.42 Å². The fourth-order valence-corrected chi connectivity index (χ4v) is 10.6. The molecular weight excluding hydrogens is 562 g/mol. The van der Waals surface area contributed by atoms with Crippen molar-refractivity contribution >= 4 is 68.2 Å². The van der Waals surface area contributed by atoms with Gasteiger partial charge in [0, 0.05) is 0 Å². The second-order valence-electron chi connectivity index (χ2n) is 6.37. The Balaban J connectivity index is 2.21. The maximum Gasteiger partial charge on any atom is 0.296 e. The Labute approximate surface area is 194 Å². The highest BCUT2D eigenvalue weighted by Gasteiger charge is 2.28. The first-order valence-electron chi connectivity index (χ1n) is 8.58. The van der Waals surface area contributed by atoms with E-state index in [9.17, 15) is 51.9 Å². The molecule has 0 heterocycles. The van der Waals surface area contributed by atoms with Gasteiger partial charge in [-0.05, 0) is 41.5 Å². The molecule has 0 aliphatic rings. The monoisotopic (exact) mass is 580 g/mol.